The van der Waals surface area contributed by atoms with Crippen molar-refractivity contribution in [3.8, 4) is 0 Å². The third kappa shape index (κ3) is 2.67. The van der Waals surface area contributed by atoms with Gasteiger partial charge in [0.2, 0.25) is 5.91 Å². The maximum atomic E-state index is 13.0. The predicted molar refractivity (Wildman–Crippen MR) is 88.9 cm³/mol. The van der Waals surface area contributed by atoms with E-state index in [2.05, 4.69) is 41.2 Å². The van der Waals surface area contributed by atoms with Crippen LogP contribution in [0.1, 0.15) is 47.9 Å². The number of aryl methyl sites for hydroxylation is 2. The fourth-order valence-corrected chi connectivity index (χ4v) is 3.94. The summed E-state index contributed by atoms with van der Waals surface area (Å²) in [7, 11) is 1.93. The van der Waals surface area contributed by atoms with Crippen LogP contribution in [0.5, 0.6) is 0 Å². The third-order valence-electron chi connectivity index (χ3n) is 5.22. The van der Waals surface area contributed by atoms with E-state index in [4.69, 9.17) is 0 Å². The van der Waals surface area contributed by atoms with E-state index in [0.29, 0.717) is 11.8 Å². The zero-order chi connectivity index (χ0) is 16.0. The standard InChI is InChI=1S/C19H23N3O/c1-13-5-3-6-14(9-13)16-10-17(16)19(23)22-8-4-7-18(22)15-11-20-21(2)12-15/h3,5-6,9,11-12,16-18H,4,7-8,10H2,1-2H3/t16-,17-,18-/m0/s1. The Hall–Kier alpha value is -2.10. The molecular weight excluding hydrogens is 286 g/mol. The summed E-state index contributed by atoms with van der Waals surface area (Å²) in [5.74, 6) is 0.925. The first-order chi connectivity index (χ1) is 11.1. The van der Waals surface area contributed by atoms with Crippen molar-refractivity contribution < 1.29 is 4.79 Å². The van der Waals surface area contributed by atoms with Gasteiger partial charge in [0.1, 0.15) is 0 Å². The molecule has 4 nitrogen and oxygen atoms in total. The Morgan fingerprint density at radius 3 is 2.91 bits per heavy atom. The Morgan fingerprint density at radius 2 is 2.17 bits per heavy atom. The molecule has 1 saturated heterocycles. The number of likely N-dealkylation sites (tertiary alicyclic amines) is 1. The van der Waals surface area contributed by atoms with Crippen molar-refractivity contribution in [1.29, 1.82) is 0 Å². The molecule has 1 aromatic carbocycles. The highest BCUT2D eigenvalue weighted by Gasteiger charge is 2.47. The summed E-state index contributed by atoms with van der Waals surface area (Å²) < 4.78 is 1.82. The van der Waals surface area contributed by atoms with E-state index in [1.54, 1.807) is 0 Å². The molecule has 4 rings (SSSR count). The number of hydrogen-bond acceptors (Lipinski definition) is 2. The van der Waals surface area contributed by atoms with Crippen molar-refractivity contribution >= 4 is 5.91 Å². The fourth-order valence-electron chi connectivity index (χ4n) is 3.94. The number of aromatic nitrogens is 2. The van der Waals surface area contributed by atoms with Gasteiger partial charge < -0.3 is 4.90 Å². The molecule has 2 aliphatic rings. The summed E-state index contributed by atoms with van der Waals surface area (Å²) in [5, 5.41) is 4.27. The lowest BCUT2D eigenvalue weighted by molar-refractivity contribution is -0.133. The third-order valence-corrected chi connectivity index (χ3v) is 5.22. The Balaban J connectivity index is 1.49. The van der Waals surface area contributed by atoms with Crippen molar-refractivity contribution in [2.24, 2.45) is 13.0 Å². The van der Waals surface area contributed by atoms with Gasteiger partial charge in [-0.05, 0) is 37.7 Å². The van der Waals surface area contributed by atoms with Crippen LogP contribution in [0.15, 0.2) is 36.7 Å². The van der Waals surface area contributed by atoms with Gasteiger partial charge in [-0.25, -0.2) is 0 Å². The zero-order valence-corrected chi connectivity index (χ0v) is 13.8. The largest absolute Gasteiger partial charge is 0.335 e. The molecule has 3 atom stereocenters. The van der Waals surface area contributed by atoms with Gasteiger partial charge in [-0.1, -0.05) is 29.8 Å². The minimum absolute atomic E-state index is 0.175. The van der Waals surface area contributed by atoms with Crippen LogP contribution in [-0.2, 0) is 11.8 Å². The summed E-state index contributed by atoms with van der Waals surface area (Å²) in [5.41, 5.74) is 3.77. The molecule has 0 N–H and O–H groups in total. The van der Waals surface area contributed by atoms with Crippen LogP contribution < -0.4 is 0 Å². The highest BCUT2D eigenvalue weighted by atomic mass is 16.2. The van der Waals surface area contributed by atoms with Crippen LogP contribution in [0, 0.1) is 12.8 Å². The molecule has 23 heavy (non-hydrogen) atoms. The van der Waals surface area contributed by atoms with Crippen LogP contribution in [0.4, 0.5) is 0 Å². The van der Waals surface area contributed by atoms with Gasteiger partial charge in [0.25, 0.3) is 0 Å². The summed E-state index contributed by atoms with van der Waals surface area (Å²) in [4.78, 5) is 15.1. The summed E-state index contributed by atoms with van der Waals surface area (Å²) in [6, 6.07) is 8.81. The minimum Gasteiger partial charge on any atom is -0.335 e. The second-order valence-electron chi connectivity index (χ2n) is 7.00. The molecule has 1 aliphatic carbocycles. The van der Waals surface area contributed by atoms with Crippen molar-refractivity contribution in [2.45, 2.75) is 38.1 Å². The van der Waals surface area contributed by atoms with Gasteiger partial charge in [0.05, 0.1) is 12.2 Å². The van der Waals surface area contributed by atoms with Crippen molar-refractivity contribution in [3.05, 3.63) is 53.3 Å². The van der Waals surface area contributed by atoms with Gasteiger partial charge in [0.15, 0.2) is 0 Å². The van der Waals surface area contributed by atoms with Crippen LogP contribution in [0.2, 0.25) is 0 Å². The molecule has 1 aliphatic heterocycles. The molecule has 4 heteroatoms. The van der Waals surface area contributed by atoms with Gasteiger partial charge in [0, 0.05) is 31.3 Å². The Morgan fingerprint density at radius 1 is 1.30 bits per heavy atom. The molecule has 1 amide bonds. The average molecular weight is 309 g/mol. The van der Waals surface area contributed by atoms with E-state index < -0.39 is 0 Å². The molecule has 2 aromatic rings. The van der Waals surface area contributed by atoms with Crippen molar-refractivity contribution in [2.75, 3.05) is 6.54 Å². The van der Waals surface area contributed by atoms with E-state index in [0.717, 1.165) is 25.8 Å². The van der Waals surface area contributed by atoms with E-state index in [9.17, 15) is 4.79 Å². The van der Waals surface area contributed by atoms with Crippen LogP contribution >= 0.6 is 0 Å². The van der Waals surface area contributed by atoms with Gasteiger partial charge in [-0.2, -0.15) is 5.10 Å². The first-order valence-corrected chi connectivity index (χ1v) is 8.49. The zero-order valence-electron chi connectivity index (χ0n) is 13.8. The smallest absolute Gasteiger partial charge is 0.226 e. The Kier molecular flexibility index (Phi) is 3.47. The maximum absolute atomic E-state index is 13.0. The van der Waals surface area contributed by atoms with Crippen molar-refractivity contribution in [3.63, 3.8) is 0 Å². The second-order valence-corrected chi connectivity index (χ2v) is 7.00. The lowest BCUT2D eigenvalue weighted by Crippen LogP contribution is -2.32. The number of hydrogen-bond donors (Lipinski definition) is 0. The fraction of sp³-hybridized carbons (Fsp3) is 0.474. The number of carbonyl (C=O) groups excluding carboxylic acids is 1. The van der Waals surface area contributed by atoms with Gasteiger partial charge in [-0.15, -0.1) is 0 Å². The number of amides is 1. The highest BCUT2D eigenvalue weighted by molar-refractivity contribution is 5.83. The Bertz CT molecular complexity index is 736. The lowest BCUT2D eigenvalue weighted by atomic mass is 10.1. The maximum Gasteiger partial charge on any atom is 0.226 e. The number of benzene rings is 1. The topological polar surface area (TPSA) is 38.1 Å². The summed E-state index contributed by atoms with van der Waals surface area (Å²) in [6.45, 7) is 3.00. The molecule has 2 fully saturated rings. The quantitative estimate of drug-likeness (QED) is 0.873. The first kappa shape index (κ1) is 14.5. The van der Waals surface area contributed by atoms with E-state index in [1.807, 2.05) is 24.1 Å². The SMILES string of the molecule is Cc1cccc([C@@H]2C[C@@H]2C(=O)N2CCC[C@H]2c2cnn(C)c2)c1. The second kappa shape index (κ2) is 5.52. The predicted octanol–water partition coefficient (Wildman–Crippen LogP) is 3.20. The first-order valence-electron chi connectivity index (χ1n) is 8.49. The summed E-state index contributed by atoms with van der Waals surface area (Å²) >= 11 is 0. The molecular formula is C19H23N3O. The Labute approximate surface area is 137 Å². The molecule has 0 bridgehead atoms. The minimum atomic E-state index is 0.175. The summed E-state index contributed by atoms with van der Waals surface area (Å²) in [6.07, 6.45) is 7.09. The van der Waals surface area contributed by atoms with Crippen LogP contribution in [0.3, 0.4) is 0 Å². The molecule has 1 saturated carbocycles. The van der Waals surface area contributed by atoms with E-state index in [1.165, 1.54) is 16.7 Å². The van der Waals surface area contributed by atoms with Gasteiger partial charge >= 0.3 is 0 Å². The highest BCUT2D eigenvalue weighted by Crippen LogP contribution is 2.50. The normalized spacial score (nSPS) is 26.5. The molecule has 2 heterocycles. The molecule has 0 spiro atoms. The van der Waals surface area contributed by atoms with E-state index >= 15 is 0 Å². The molecule has 120 valence electrons. The van der Waals surface area contributed by atoms with Crippen LogP contribution in [0.25, 0.3) is 0 Å². The number of nitrogens with zero attached hydrogens (tertiary/aromatic N) is 3. The van der Waals surface area contributed by atoms with Gasteiger partial charge in [-0.3, -0.25) is 9.48 Å². The lowest BCUT2D eigenvalue weighted by Gasteiger charge is -2.24. The van der Waals surface area contributed by atoms with Crippen molar-refractivity contribution in [1.82, 2.24) is 14.7 Å². The number of rotatable bonds is 3. The molecule has 1 aromatic heterocycles. The molecule has 0 radical (unpaired) electrons. The van der Waals surface area contributed by atoms with E-state index in [-0.39, 0.29) is 12.0 Å². The molecule has 0 unspecified atom stereocenters. The monoisotopic (exact) mass is 309 g/mol. The average Bonchev–Trinajstić information content (AvgIpc) is 2.97. The van der Waals surface area contributed by atoms with Crippen LogP contribution in [-0.4, -0.2) is 27.1 Å². The number of carbonyl (C=O) groups is 1.